The highest BCUT2D eigenvalue weighted by Gasteiger charge is 2.36. The third kappa shape index (κ3) is 3.66. The second-order valence-corrected chi connectivity index (χ2v) is 6.62. The summed E-state index contributed by atoms with van der Waals surface area (Å²) in [6.45, 7) is 0.182. The molecular formula is C18H13Cl2N2O4-. The molecule has 2 amide bonds. The number of carbonyl (C=O) groups is 3. The fraction of sp³-hybridized carbons (Fsp3) is 0.167. The fourth-order valence-electron chi connectivity index (χ4n) is 2.75. The van der Waals surface area contributed by atoms with E-state index in [9.17, 15) is 19.5 Å². The third-order valence-corrected chi connectivity index (χ3v) is 4.91. The van der Waals surface area contributed by atoms with Crippen LogP contribution in [0.1, 0.15) is 16.8 Å². The molecule has 134 valence electrons. The summed E-state index contributed by atoms with van der Waals surface area (Å²) in [7, 11) is 0. The molecule has 26 heavy (non-hydrogen) atoms. The van der Waals surface area contributed by atoms with Crippen LogP contribution in [0.4, 0.5) is 11.4 Å². The number of carboxylic acid groups (broad SMARTS) is 1. The van der Waals surface area contributed by atoms with Crippen LogP contribution in [0.5, 0.6) is 0 Å². The lowest BCUT2D eigenvalue weighted by atomic mass is 10.1. The number of carboxylic acids is 1. The predicted molar refractivity (Wildman–Crippen MR) is 96.3 cm³/mol. The van der Waals surface area contributed by atoms with Crippen LogP contribution in [0.15, 0.2) is 42.5 Å². The van der Waals surface area contributed by atoms with Gasteiger partial charge in [-0.05, 0) is 29.8 Å². The molecule has 2 aromatic rings. The summed E-state index contributed by atoms with van der Waals surface area (Å²) in [5, 5.41) is 14.0. The van der Waals surface area contributed by atoms with Gasteiger partial charge in [-0.25, -0.2) is 0 Å². The molecule has 2 aromatic carbocycles. The quantitative estimate of drug-likeness (QED) is 0.865. The second-order valence-electron chi connectivity index (χ2n) is 5.83. The van der Waals surface area contributed by atoms with E-state index in [1.54, 1.807) is 18.2 Å². The van der Waals surface area contributed by atoms with Crippen LogP contribution in [0.25, 0.3) is 0 Å². The lowest BCUT2D eigenvalue weighted by Crippen LogP contribution is -2.28. The molecule has 0 saturated carbocycles. The van der Waals surface area contributed by atoms with Gasteiger partial charge in [0.15, 0.2) is 0 Å². The molecule has 8 heteroatoms. The zero-order valence-corrected chi connectivity index (χ0v) is 14.9. The fourth-order valence-corrected chi connectivity index (χ4v) is 3.15. The van der Waals surface area contributed by atoms with Gasteiger partial charge in [0.1, 0.15) is 0 Å². The van der Waals surface area contributed by atoms with Crippen molar-refractivity contribution in [3.05, 3.63) is 58.1 Å². The van der Waals surface area contributed by atoms with Gasteiger partial charge in [-0.2, -0.15) is 0 Å². The zero-order chi connectivity index (χ0) is 18.8. The Morgan fingerprint density at radius 3 is 2.46 bits per heavy atom. The highest BCUT2D eigenvalue weighted by molar-refractivity contribution is 6.44. The van der Waals surface area contributed by atoms with E-state index in [1.165, 1.54) is 29.2 Å². The minimum Gasteiger partial charge on any atom is -0.545 e. The van der Waals surface area contributed by atoms with Gasteiger partial charge in [0.25, 0.3) is 0 Å². The van der Waals surface area contributed by atoms with Gasteiger partial charge in [-0.1, -0.05) is 41.4 Å². The minimum atomic E-state index is -1.29. The first-order valence-corrected chi connectivity index (χ1v) is 8.49. The van der Waals surface area contributed by atoms with Gasteiger partial charge in [0.2, 0.25) is 11.8 Å². The van der Waals surface area contributed by atoms with Crippen molar-refractivity contribution in [1.29, 1.82) is 0 Å². The van der Waals surface area contributed by atoms with Crippen LogP contribution >= 0.6 is 23.2 Å². The van der Waals surface area contributed by atoms with E-state index in [4.69, 9.17) is 23.2 Å². The van der Waals surface area contributed by atoms with Gasteiger partial charge in [-0.15, -0.1) is 0 Å². The van der Waals surface area contributed by atoms with Crippen LogP contribution in [-0.4, -0.2) is 24.3 Å². The van der Waals surface area contributed by atoms with Crippen molar-refractivity contribution in [2.75, 3.05) is 16.8 Å². The summed E-state index contributed by atoms with van der Waals surface area (Å²) in [5.41, 5.74) is 0.922. The normalized spacial score (nSPS) is 16.6. The molecule has 0 bridgehead atoms. The van der Waals surface area contributed by atoms with E-state index < -0.39 is 11.9 Å². The molecule has 1 fully saturated rings. The van der Waals surface area contributed by atoms with E-state index in [0.29, 0.717) is 16.4 Å². The summed E-state index contributed by atoms with van der Waals surface area (Å²) >= 11 is 12.1. The van der Waals surface area contributed by atoms with Crippen molar-refractivity contribution in [1.82, 2.24) is 0 Å². The largest absolute Gasteiger partial charge is 0.545 e. The number of hydrogen-bond donors (Lipinski definition) is 1. The maximum atomic E-state index is 12.4. The molecule has 0 aromatic heterocycles. The number of halogens is 2. The summed E-state index contributed by atoms with van der Waals surface area (Å²) < 4.78 is 0. The molecule has 6 nitrogen and oxygen atoms in total. The number of amides is 2. The lowest BCUT2D eigenvalue weighted by Gasteiger charge is -2.18. The molecule has 1 aliphatic rings. The van der Waals surface area contributed by atoms with E-state index in [1.807, 2.05) is 0 Å². The molecular weight excluding hydrogens is 379 g/mol. The van der Waals surface area contributed by atoms with E-state index >= 15 is 0 Å². The van der Waals surface area contributed by atoms with Crippen molar-refractivity contribution in [3.8, 4) is 0 Å². The third-order valence-electron chi connectivity index (χ3n) is 4.11. The number of nitrogens with one attached hydrogen (secondary N) is 1. The molecule has 3 rings (SSSR count). The number of benzene rings is 2. The topological polar surface area (TPSA) is 89.5 Å². The number of hydrogen-bond acceptors (Lipinski definition) is 4. The number of nitrogens with zero attached hydrogens (tertiary/aromatic N) is 1. The molecule has 0 spiro atoms. The number of anilines is 2. The van der Waals surface area contributed by atoms with E-state index in [2.05, 4.69) is 5.32 Å². The first-order chi connectivity index (χ1) is 12.4. The Balaban J connectivity index is 1.71. The predicted octanol–water partition coefficient (Wildman–Crippen LogP) is 2.35. The summed E-state index contributed by atoms with van der Waals surface area (Å²) in [6.07, 6.45) is 0.0474. The van der Waals surface area contributed by atoms with Crippen molar-refractivity contribution >= 4 is 52.4 Å². The highest BCUT2D eigenvalue weighted by atomic mass is 35.5. The molecule has 1 N–H and O–H groups in total. The van der Waals surface area contributed by atoms with E-state index in [-0.39, 0.29) is 35.4 Å². The highest BCUT2D eigenvalue weighted by Crippen LogP contribution is 2.35. The molecule has 0 aliphatic carbocycles. The van der Waals surface area contributed by atoms with Gasteiger partial charge in [-0.3, -0.25) is 9.59 Å². The molecule has 1 saturated heterocycles. The Hall–Kier alpha value is -2.57. The van der Waals surface area contributed by atoms with Crippen LogP contribution in [0.3, 0.4) is 0 Å². The van der Waals surface area contributed by atoms with Gasteiger partial charge in [0, 0.05) is 18.7 Å². The van der Waals surface area contributed by atoms with Gasteiger partial charge >= 0.3 is 0 Å². The average Bonchev–Trinajstić information content (AvgIpc) is 2.99. The first kappa shape index (κ1) is 18.2. The van der Waals surface area contributed by atoms with Crippen LogP contribution < -0.4 is 15.3 Å². The molecule has 0 unspecified atom stereocenters. The number of rotatable bonds is 4. The first-order valence-electron chi connectivity index (χ1n) is 7.73. The van der Waals surface area contributed by atoms with E-state index in [0.717, 1.165) is 0 Å². The average molecular weight is 392 g/mol. The Morgan fingerprint density at radius 1 is 1.12 bits per heavy atom. The van der Waals surface area contributed by atoms with Gasteiger partial charge < -0.3 is 20.1 Å². The smallest absolute Gasteiger partial charge is 0.229 e. The van der Waals surface area contributed by atoms with Gasteiger partial charge in [0.05, 0.1) is 27.6 Å². The summed E-state index contributed by atoms with van der Waals surface area (Å²) in [4.78, 5) is 36.9. The minimum absolute atomic E-state index is 0.0146. The Labute approximate surface area is 159 Å². The maximum absolute atomic E-state index is 12.4. The monoisotopic (exact) mass is 391 g/mol. The van der Waals surface area contributed by atoms with Crippen molar-refractivity contribution in [2.45, 2.75) is 6.42 Å². The van der Waals surface area contributed by atoms with Crippen LogP contribution in [0.2, 0.25) is 10.0 Å². The Morgan fingerprint density at radius 2 is 1.81 bits per heavy atom. The second kappa shape index (κ2) is 7.35. The lowest BCUT2D eigenvalue weighted by molar-refractivity contribution is -0.255. The standard InChI is InChI=1S/C18H14Cl2N2O4/c19-13-2-1-3-14(16(13)20)22-9-11(8-15(22)23)17(24)21-12-6-4-10(5-7-12)18(25)26/h1-7,11H,8-9H2,(H,21,24)(H,25,26)/p-1/t11-/m0/s1. The zero-order valence-electron chi connectivity index (χ0n) is 13.4. The molecule has 0 radical (unpaired) electrons. The number of carbonyl (C=O) groups excluding carboxylic acids is 3. The Kier molecular flexibility index (Phi) is 5.15. The van der Waals surface area contributed by atoms with Crippen molar-refractivity contribution in [2.24, 2.45) is 5.92 Å². The maximum Gasteiger partial charge on any atom is 0.229 e. The Bertz CT molecular complexity index is 883. The molecule has 1 aliphatic heterocycles. The number of aromatic carboxylic acids is 1. The molecule has 1 atom stereocenters. The van der Waals surface area contributed by atoms with Crippen LogP contribution in [0, 0.1) is 5.92 Å². The molecule has 1 heterocycles. The summed E-state index contributed by atoms with van der Waals surface area (Å²) in [6, 6.07) is 10.6. The SMILES string of the molecule is O=C([O-])c1ccc(NC(=O)[C@H]2CC(=O)N(c3cccc(Cl)c3Cl)C2)cc1. The van der Waals surface area contributed by atoms with Crippen molar-refractivity contribution in [3.63, 3.8) is 0 Å². The van der Waals surface area contributed by atoms with Crippen molar-refractivity contribution < 1.29 is 19.5 Å². The summed E-state index contributed by atoms with van der Waals surface area (Å²) in [5.74, 6) is -2.40. The van der Waals surface area contributed by atoms with Crippen LogP contribution in [-0.2, 0) is 9.59 Å².